The van der Waals surface area contributed by atoms with Crippen LogP contribution in [-0.4, -0.2) is 11.8 Å². The summed E-state index contributed by atoms with van der Waals surface area (Å²) >= 11 is 0. The third kappa shape index (κ3) is 3.90. The van der Waals surface area contributed by atoms with E-state index in [9.17, 15) is 9.59 Å². The van der Waals surface area contributed by atoms with Gasteiger partial charge in [0.25, 0.3) is 0 Å². The molecule has 4 heteroatoms. The summed E-state index contributed by atoms with van der Waals surface area (Å²) in [7, 11) is 0. The summed E-state index contributed by atoms with van der Waals surface area (Å²) in [5.41, 5.74) is 3.92. The molecule has 3 aromatic carbocycles. The average Bonchev–Trinajstić information content (AvgIpc) is 3.03. The van der Waals surface area contributed by atoms with E-state index in [1.165, 1.54) is 5.56 Å². The first kappa shape index (κ1) is 19.6. The SMILES string of the molecule is Cc1ccccc1C(=O)Oc1ccc2c(c1)OC(=Cc1ccc(C(C)C)cc1)C2=O. The summed E-state index contributed by atoms with van der Waals surface area (Å²) in [6.07, 6.45) is 1.73. The molecule has 0 aromatic heterocycles. The lowest BCUT2D eigenvalue weighted by Crippen LogP contribution is -2.10. The van der Waals surface area contributed by atoms with Crippen LogP contribution in [0.5, 0.6) is 11.5 Å². The number of benzene rings is 3. The van der Waals surface area contributed by atoms with Gasteiger partial charge in [0, 0.05) is 6.07 Å². The lowest BCUT2D eigenvalue weighted by Gasteiger charge is -2.07. The van der Waals surface area contributed by atoms with E-state index in [1.54, 1.807) is 36.4 Å². The number of esters is 1. The fraction of sp³-hybridized carbons (Fsp3) is 0.154. The van der Waals surface area contributed by atoms with Crippen LogP contribution in [0.1, 0.15) is 57.2 Å². The minimum atomic E-state index is -0.446. The van der Waals surface area contributed by atoms with Gasteiger partial charge in [0.2, 0.25) is 5.78 Å². The normalized spacial score (nSPS) is 14.0. The Bertz CT molecular complexity index is 1150. The number of hydrogen-bond donors (Lipinski definition) is 0. The van der Waals surface area contributed by atoms with Crippen LogP contribution < -0.4 is 9.47 Å². The molecule has 0 spiro atoms. The smallest absolute Gasteiger partial charge is 0.343 e. The second-order valence-electron chi connectivity index (χ2n) is 7.62. The number of ether oxygens (including phenoxy) is 2. The Hall–Kier alpha value is -3.66. The van der Waals surface area contributed by atoms with E-state index in [2.05, 4.69) is 13.8 Å². The van der Waals surface area contributed by atoms with E-state index in [1.807, 2.05) is 43.3 Å². The Morgan fingerprint density at radius 1 is 1.00 bits per heavy atom. The van der Waals surface area contributed by atoms with Crippen LogP contribution in [0.25, 0.3) is 6.08 Å². The fourth-order valence-corrected chi connectivity index (χ4v) is 3.32. The molecule has 4 nitrogen and oxygen atoms in total. The Morgan fingerprint density at radius 3 is 2.43 bits per heavy atom. The number of hydrogen-bond acceptors (Lipinski definition) is 4. The fourth-order valence-electron chi connectivity index (χ4n) is 3.32. The Labute approximate surface area is 175 Å². The van der Waals surface area contributed by atoms with Crippen molar-refractivity contribution in [3.8, 4) is 11.5 Å². The summed E-state index contributed by atoms with van der Waals surface area (Å²) in [5.74, 6) is 0.788. The highest BCUT2D eigenvalue weighted by atomic mass is 16.5. The number of carbonyl (C=O) groups excluding carboxylic acids is 2. The standard InChI is InChI=1S/C26H22O4/c1-16(2)19-10-8-18(9-11-19)14-24-25(27)22-13-12-20(15-23(22)30-24)29-26(28)21-7-5-4-6-17(21)3/h4-16H,1-3H3. The van der Waals surface area contributed by atoms with Crippen LogP contribution in [0.4, 0.5) is 0 Å². The number of aryl methyl sites for hydroxylation is 1. The number of rotatable bonds is 4. The third-order valence-electron chi connectivity index (χ3n) is 5.12. The van der Waals surface area contributed by atoms with E-state index in [-0.39, 0.29) is 11.5 Å². The highest BCUT2D eigenvalue weighted by Gasteiger charge is 2.28. The van der Waals surface area contributed by atoms with Gasteiger partial charge in [-0.15, -0.1) is 0 Å². The van der Waals surface area contributed by atoms with Gasteiger partial charge in [-0.3, -0.25) is 4.79 Å². The molecule has 0 bridgehead atoms. The van der Waals surface area contributed by atoms with Crippen LogP contribution in [0.15, 0.2) is 72.5 Å². The molecule has 30 heavy (non-hydrogen) atoms. The van der Waals surface area contributed by atoms with Crippen LogP contribution in [-0.2, 0) is 0 Å². The van der Waals surface area contributed by atoms with Crippen LogP contribution >= 0.6 is 0 Å². The molecule has 0 unspecified atom stereocenters. The molecule has 3 aromatic rings. The first-order chi connectivity index (χ1) is 14.4. The second kappa shape index (κ2) is 7.99. The van der Waals surface area contributed by atoms with E-state index in [0.717, 1.165) is 11.1 Å². The van der Waals surface area contributed by atoms with Crippen LogP contribution in [0.2, 0.25) is 0 Å². The molecule has 0 atom stereocenters. The molecule has 0 saturated heterocycles. The van der Waals surface area contributed by atoms with Crippen molar-refractivity contribution in [1.82, 2.24) is 0 Å². The Kier molecular flexibility index (Phi) is 5.23. The van der Waals surface area contributed by atoms with Crippen LogP contribution in [0.3, 0.4) is 0 Å². The maximum absolute atomic E-state index is 12.7. The van der Waals surface area contributed by atoms with Crippen molar-refractivity contribution >= 4 is 17.8 Å². The summed E-state index contributed by atoms with van der Waals surface area (Å²) in [6, 6.07) is 20.1. The largest absolute Gasteiger partial charge is 0.452 e. The van der Waals surface area contributed by atoms with Crippen molar-refractivity contribution in [3.05, 3.63) is 100 Å². The number of allylic oxidation sites excluding steroid dienone is 1. The zero-order chi connectivity index (χ0) is 21.3. The van der Waals surface area contributed by atoms with Crippen molar-refractivity contribution in [2.75, 3.05) is 0 Å². The van der Waals surface area contributed by atoms with Crippen molar-refractivity contribution in [2.45, 2.75) is 26.7 Å². The molecule has 4 rings (SSSR count). The molecular weight excluding hydrogens is 376 g/mol. The molecule has 0 radical (unpaired) electrons. The van der Waals surface area contributed by atoms with Gasteiger partial charge in [-0.2, -0.15) is 0 Å². The summed E-state index contributed by atoms with van der Waals surface area (Å²) in [5, 5.41) is 0. The van der Waals surface area contributed by atoms with Crippen molar-refractivity contribution in [3.63, 3.8) is 0 Å². The number of ketones is 1. The first-order valence-electron chi connectivity index (χ1n) is 9.88. The highest BCUT2D eigenvalue weighted by molar-refractivity contribution is 6.14. The minimum Gasteiger partial charge on any atom is -0.452 e. The minimum absolute atomic E-state index is 0.185. The van der Waals surface area contributed by atoms with Gasteiger partial charge in [0.05, 0.1) is 11.1 Å². The lowest BCUT2D eigenvalue weighted by molar-refractivity contribution is 0.0733. The van der Waals surface area contributed by atoms with Crippen molar-refractivity contribution in [1.29, 1.82) is 0 Å². The van der Waals surface area contributed by atoms with Gasteiger partial charge in [-0.25, -0.2) is 4.79 Å². The van der Waals surface area contributed by atoms with E-state index >= 15 is 0 Å². The molecular formula is C26H22O4. The van der Waals surface area contributed by atoms with E-state index in [4.69, 9.17) is 9.47 Å². The predicted molar refractivity (Wildman–Crippen MR) is 116 cm³/mol. The molecule has 1 aliphatic heterocycles. The van der Waals surface area contributed by atoms with Crippen molar-refractivity contribution in [2.24, 2.45) is 0 Å². The van der Waals surface area contributed by atoms with Gasteiger partial charge in [-0.1, -0.05) is 56.3 Å². The Morgan fingerprint density at radius 2 is 1.73 bits per heavy atom. The number of carbonyl (C=O) groups is 2. The van der Waals surface area contributed by atoms with Gasteiger partial charge in [0.1, 0.15) is 11.5 Å². The molecule has 0 amide bonds. The van der Waals surface area contributed by atoms with E-state index in [0.29, 0.717) is 28.5 Å². The lowest BCUT2D eigenvalue weighted by atomic mass is 10.0. The van der Waals surface area contributed by atoms with Gasteiger partial charge < -0.3 is 9.47 Å². The average molecular weight is 398 g/mol. The molecule has 1 heterocycles. The molecule has 1 aliphatic rings. The van der Waals surface area contributed by atoms with Crippen LogP contribution in [0, 0.1) is 6.92 Å². The zero-order valence-corrected chi connectivity index (χ0v) is 17.1. The number of fused-ring (bicyclic) bond motifs is 1. The molecule has 0 aliphatic carbocycles. The monoisotopic (exact) mass is 398 g/mol. The summed E-state index contributed by atoms with van der Waals surface area (Å²) in [4.78, 5) is 25.1. The van der Waals surface area contributed by atoms with Gasteiger partial charge in [0.15, 0.2) is 5.76 Å². The van der Waals surface area contributed by atoms with Gasteiger partial charge in [-0.05, 0) is 53.8 Å². The molecule has 0 N–H and O–H groups in total. The molecule has 0 saturated carbocycles. The molecule has 0 fully saturated rings. The first-order valence-corrected chi connectivity index (χ1v) is 9.88. The Balaban J connectivity index is 1.54. The quantitative estimate of drug-likeness (QED) is 0.309. The van der Waals surface area contributed by atoms with E-state index < -0.39 is 5.97 Å². The maximum atomic E-state index is 12.7. The summed E-state index contributed by atoms with van der Waals surface area (Å²) in [6.45, 7) is 6.13. The predicted octanol–water partition coefficient (Wildman–Crippen LogP) is 5.95. The number of Topliss-reactive ketones (excluding diaryl/α,β-unsaturated/α-hetero) is 1. The summed E-state index contributed by atoms with van der Waals surface area (Å²) < 4.78 is 11.3. The van der Waals surface area contributed by atoms with Gasteiger partial charge >= 0.3 is 5.97 Å². The topological polar surface area (TPSA) is 52.6 Å². The van der Waals surface area contributed by atoms with Crippen molar-refractivity contribution < 1.29 is 19.1 Å². The highest BCUT2D eigenvalue weighted by Crippen LogP contribution is 2.35. The maximum Gasteiger partial charge on any atom is 0.343 e. The third-order valence-corrected chi connectivity index (χ3v) is 5.12. The zero-order valence-electron chi connectivity index (χ0n) is 17.1. The second-order valence-corrected chi connectivity index (χ2v) is 7.62. The molecule has 150 valence electrons.